The largest absolute Gasteiger partial charge is 0.356 e. The second-order valence-electron chi connectivity index (χ2n) is 7.93. The molecule has 1 rings (SSSR count). The van der Waals surface area contributed by atoms with E-state index in [1.165, 1.54) is 5.56 Å². The van der Waals surface area contributed by atoms with Gasteiger partial charge in [-0.25, -0.2) is 0 Å². The lowest BCUT2D eigenvalue weighted by Gasteiger charge is -2.30. The van der Waals surface area contributed by atoms with Crippen LogP contribution in [-0.2, 0) is 5.41 Å². The van der Waals surface area contributed by atoms with Gasteiger partial charge in [-0.2, -0.15) is 0 Å². The average molecular weight is 319 g/mol. The first-order valence-electron chi connectivity index (χ1n) is 8.31. The molecule has 4 nitrogen and oxygen atoms in total. The van der Waals surface area contributed by atoms with Crippen LogP contribution < -0.4 is 10.6 Å². The molecule has 0 fully saturated rings. The molecule has 0 radical (unpaired) electrons. The molecule has 23 heavy (non-hydrogen) atoms. The molecular formula is C19H34N4. The van der Waals surface area contributed by atoms with Crippen LogP contribution in [-0.4, -0.2) is 51.6 Å². The van der Waals surface area contributed by atoms with E-state index in [-0.39, 0.29) is 10.8 Å². The summed E-state index contributed by atoms with van der Waals surface area (Å²) in [6.45, 7) is 11.8. The molecule has 1 aromatic carbocycles. The lowest BCUT2D eigenvalue weighted by Crippen LogP contribution is -2.47. The quantitative estimate of drug-likeness (QED) is 0.600. The highest BCUT2D eigenvalue weighted by Gasteiger charge is 2.22. The maximum atomic E-state index is 4.35. The molecule has 0 amide bonds. The van der Waals surface area contributed by atoms with Crippen molar-refractivity contribution in [2.75, 3.05) is 40.8 Å². The number of rotatable bonds is 7. The van der Waals surface area contributed by atoms with Gasteiger partial charge in [0, 0.05) is 32.1 Å². The highest BCUT2D eigenvalue weighted by atomic mass is 15.2. The van der Waals surface area contributed by atoms with Crippen LogP contribution in [0.3, 0.4) is 0 Å². The zero-order valence-electron chi connectivity index (χ0n) is 15.9. The molecular weight excluding hydrogens is 284 g/mol. The van der Waals surface area contributed by atoms with E-state index in [2.05, 4.69) is 92.6 Å². The first-order valence-corrected chi connectivity index (χ1v) is 8.31. The Bertz CT molecular complexity index is 489. The molecule has 0 spiro atoms. The Kier molecular flexibility index (Phi) is 7.07. The van der Waals surface area contributed by atoms with Gasteiger partial charge in [-0.15, -0.1) is 0 Å². The smallest absolute Gasteiger partial charge is 0.191 e. The molecule has 130 valence electrons. The Hall–Kier alpha value is -1.55. The third-order valence-corrected chi connectivity index (χ3v) is 3.96. The average Bonchev–Trinajstić information content (AvgIpc) is 2.47. The van der Waals surface area contributed by atoms with E-state index in [1.54, 1.807) is 0 Å². The normalized spacial score (nSPS) is 13.3. The van der Waals surface area contributed by atoms with Crippen LogP contribution in [0, 0.1) is 5.41 Å². The number of guanidine groups is 1. The summed E-state index contributed by atoms with van der Waals surface area (Å²) in [7, 11) is 6.04. The van der Waals surface area contributed by atoms with E-state index in [9.17, 15) is 0 Å². The van der Waals surface area contributed by atoms with E-state index in [0.717, 1.165) is 25.6 Å². The van der Waals surface area contributed by atoms with Crippen LogP contribution in [0.4, 0.5) is 0 Å². The van der Waals surface area contributed by atoms with E-state index < -0.39 is 0 Å². The number of benzene rings is 1. The molecule has 0 unspecified atom stereocenters. The summed E-state index contributed by atoms with van der Waals surface area (Å²) in [5.74, 6) is 0.862. The maximum Gasteiger partial charge on any atom is 0.191 e. The lowest BCUT2D eigenvalue weighted by atomic mass is 9.85. The zero-order chi connectivity index (χ0) is 17.5. The van der Waals surface area contributed by atoms with Crippen LogP contribution in [0.15, 0.2) is 35.3 Å². The second kappa shape index (κ2) is 8.34. The van der Waals surface area contributed by atoms with Crippen molar-refractivity contribution in [3.63, 3.8) is 0 Å². The van der Waals surface area contributed by atoms with Gasteiger partial charge in [0.25, 0.3) is 0 Å². The summed E-state index contributed by atoms with van der Waals surface area (Å²) in [5, 5.41) is 6.91. The van der Waals surface area contributed by atoms with E-state index >= 15 is 0 Å². The fourth-order valence-electron chi connectivity index (χ4n) is 2.75. The third kappa shape index (κ3) is 7.04. The van der Waals surface area contributed by atoms with Gasteiger partial charge in [0.15, 0.2) is 5.96 Å². The molecule has 0 aromatic heterocycles. The zero-order valence-corrected chi connectivity index (χ0v) is 15.9. The van der Waals surface area contributed by atoms with Gasteiger partial charge < -0.3 is 15.5 Å². The van der Waals surface area contributed by atoms with Gasteiger partial charge >= 0.3 is 0 Å². The lowest BCUT2D eigenvalue weighted by molar-refractivity contribution is 0.241. The van der Waals surface area contributed by atoms with Crippen molar-refractivity contribution in [2.24, 2.45) is 10.4 Å². The van der Waals surface area contributed by atoms with E-state index in [0.29, 0.717) is 0 Å². The molecule has 2 N–H and O–H groups in total. The molecule has 0 atom stereocenters. The SMILES string of the molecule is CN=C(NCC(C)(C)CN(C)C)NCC(C)(C)c1ccccc1. The number of hydrogen-bond acceptors (Lipinski definition) is 2. The maximum absolute atomic E-state index is 4.35. The second-order valence-corrected chi connectivity index (χ2v) is 7.93. The standard InChI is InChI=1S/C19H34N4/c1-18(2,15-23(6)7)13-21-17(20-5)22-14-19(3,4)16-11-9-8-10-12-16/h8-12H,13-15H2,1-7H3,(H2,20,21,22). The molecule has 0 saturated heterocycles. The Morgan fingerprint density at radius 1 is 1.00 bits per heavy atom. The first-order chi connectivity index (χ1) is 10.7. The summed E-state index contributed by atoms with van der Waals surface area (Å²) in [5.41, 5.74) is 1.57. The van der Waals surface area contributed by atoms with Gasteiger partial charge in [0.2, 0.25) is 0 Å². The predicted molar refractivity (Wildman–Crippen MR) is 101 cm³/mol. The molecule has 0 saturated carbocycles. The van der Waals surface area contributed by atoms with Crippen LogP contribution >= 0.6 is 0 Å². The molecule has 4 heteroatoms. The van der Waals surface area contributed by atoms with Gasteiger partial charge in [0.1, 0.15) is 0 Å². The molecule has 1 aromatic rings. The van der Waals surface area contributed by atoms with Crippen molar-refractivity contribution in [3.8, 4) is 0 Å². The van der Waals surface area contributed by atoms with Crippen molar-refractivity contribution >= 4 is 5.96 Å². The van der Waals surface area contributed by atoms with Crippen molar-refractivity contribution in [1.82, 2.24) is 15.5 Å². The first kappa shape index (κ1) is 19.5. The fourth-order valence-corrected chi connectivity index (χ4v) is 2.75. The molecule has 0 aliphatic carbocycles. The Balaban J connectivity index is 2.55. The molecule has 0 bridgehead atoms. The monoisotopic (exact) mass is 318 g/mol. The molecule has 0 heterocycles. The van der Waals surface area contributed by atoms with Crippen molar-refractivity contribution in [2.45, 2.75) is 33.1 Å². The topological polar surface area (TPSA) is 39.7 Å². The number of nitrogens with one attached hydrogen (secondary N) is 2. The minimum atomic E-state index is 0.0536. The Morgan fingerprint density at radius 3 is 2.09 bits per heavy atom. The number of hydrogen-bond donors (Lipinski definition) is 2. The summed E-state index contributed by atoms with van der Waals surface area (Å²) in [4.78, 5) is 6.57. The summed E-state index contributed by atoms with van der Waals surface area (Å²) < 4.78 is 0. The molecule has 0 aliphatic heterocycles. The number of nitrogens with zero attached hydrogens (tertiary/aromatic N) is 2. The summed E-state index contributed by atoms with van der Waals surface area (Å²) >= 11 is 0. The van der Waals surface area contributed by atoms with Crippen molar-refractivity contribution < 1.29 is 0 Å². The summed E-state index contributed by atoms with van der Waals surface area (Å²) in [6.07, 6.45) is 0. The van der Waals surface area contributed by atoms with Gasteiger partial charge in [0.05, 0.1) is 0 Å². The molecule has 0 aliphatic rings. The predicted octanol–water partition coefficient (Wildman–Crippen LogP) is 2.72. The van der Waals surface area contributed by atoms with E-state index in [1.807, 2.05) is 7.05 Å². The van der Waals surface area contributed by atoms with Crippen LogP contribution in [0.5, 0.6) is 0 Å². The van der Waals surface area contributed by atoms with Gasteiger partial charge in [-0.3, -0.25) is 4.99 Å². The van der Waals surface area contributed by atoms with Gasteiger partial charge in [-0.1, -0.05) is 58.0 Å². The van der Waals surface area contributed by atoms with E-state index in [4.69, 9.17) is 0 Å². The highest BCUT2D eigenvalue weighted by molar-refractivity contribution is 5.79. The summed E-state index contributed by atoms with van der Waals surface area (Å²) in [6, 6.07) is 10.6. The van der Waals surface area contributed by atoms with Crippen molar-refractivity contribution in [1.29, 1.82) is 0 Å². The van der Waals surface area contributed by atoms with Gasteiger partial charge in [-0.05, 0) is 25.1 Å². The van der Waals surface area contributed by atoms with Crippen molar-refractivity contribution in [3.05, 3.63) is 35.9 Å². The van der Waals surface area contributed by atoms with Crippen LogP contribution in [0.25, 0.3) is 0 Å². The number of aliphatic imine (C=N–C) groups is 1. The van der Waals surface area contributed by atoms with Crippen LogP contribution in [0.2, 0.25) is 0 Å². The third-order valence-electron chi connectivity index (χ3n) is 3.96. The Morgan fingerprint density at radius 2 is 1.57 bits per heavy atom. The highest BCUT2D eigenvalue weighted by Crippen LogP contribution is 2.21. The fraction of sp³-hybridized carbons (Fsp3) is 0.632. The van der Waals surface area contributed by atoms with Crippen LogP contribution in [0.1, 0.15) is 33.3 Å². The Labute approximate surface area is 142 Å². The minimum Gasteiger partial charge on any atom is -0.356 e. The minimum absolute atomic E-state index is 0.0536.